The smallest absolute Gasteiger partial charge is 0.260 e. The molecule has 2 aromatic rings. The molecule has 0 aliphatic heterocycles. The van der Waals surface area contributed by atoms with Crippen LogP contribution in [0.4, 0.5) is 13.2 Å². The van der Waals surface area contributed by atoms with E-state index in [-0.39, 0.29) is 5.92 Å². The van der Waals surface area contributed by atoms with Crippen molar-refractivity contribution >= 4 is 0 Å². The Kier molecular flexibility index (Phi) is 3.60. The number of nitrogens with zero attached hydrogens (tertiary/aromatic N) is 1. The van der Waals surface area contributed by atoms with E-state index in [1.54, 1.807) is 24.4 Å². The molecule has 0 N–H and O–H groups in total. The molecule has 100 valence electrons. The molecule has 0 aliphatic carbocycles. The summed E-state index contributed by atoms with van der Waals surface area (Å²) in [6, 6.07) is 8.89. The first kappa shape index (κ1) is 13.6. The Morgan fingerprint density at radius 3 is 2.42 bits per heavy atom. The molecule has 0 radical (unpaired) electrons. The van der Waals surface area contributed by atoms with Gasteiger partial charge in [-0.2, -0.15) is 13.2 Å². The largest absolute Gasteiger partial charge is 0.416 e. The maximum absolute atomic E-state index is 12.7. The van der Waals surface area contributed by atoms with Crippen molar-refractivity contribution in [1.29, 1.82) is 0 Å². The Balaban J connectivity index is 2.54. The third-order valence-electron chi connectivity index (χ3n) is 2.89. The second-order valence-electron chi connectivity index (χ2n) is 4.67. The average Bonchev–Trinajstić information content (AvgIpc) is 2.38. The highest BCUT2D eigenvalue weighted by Gasteiger charge is 2.30. The molecule has 1 nitrogen and oxygen atoms in total. The van der Waals surface area contributed by atoms with Crippen LogP contribution in [-0.2, 0) is 6.18 Å². The lowest BCUT2D eigenvalue weighted by Crippen LogP contribution is -2.05. The molecule has 0 unspecified atom stereocenters. The van der Waals surface area contributed by atoms with Crippen LogP contribution in [-0.4, -0.2) is 4.98 Å². The molecule has 1 aromatic carbocycles. The molecule has 4 heteroatoms. The number of rotatable bonds is 2. The Labute approximate surface area is 110 Å². The van der Waals surface area contributed by atoms with E-state index in [0.29, 0.717) is 5.56 Å². The van der Waals surface area contributed by atoms with Crippen molar-refractivity contribution < 1.29 is 13.2 Å². The van der Waals surface area contributed by atoms with Gasteiger partial charge in [0, 0.05) is 11.8 Å². The first-order chi connectivity index (χ1) is 8.89. The van der Waals surface area contributed by atoms with Gasteiger partial charge in [0.2, 0.25) is 0 Å². The minimum Gasteiger partial charge on any atom is -0.260 e. The maximum atomic E-state index is 12.7. The fourth-order valence-electron chi connectivity index (χ4n) is 1.98. The minimum absolute atomic E-state index is 0.158. The molecule has 19 heavy (non-hydrogen) atoms. The number of alkyl halides is 3. The summed E-state index contributed by atoms with van der Waals surface area (Å²) < 4.78 is 38.2. The molecular formula is C15H14F3N. The van der Waals surface area contributed by atoms with Gasteiger partial charge in [0.15, 0.2) is 0 Å². The zero-order valence-corrected chi connectivity index (χ0v) is 10.7. The summed E-state index contributed by atoms with van der Waals surface area (Å²) in [6.07, 6.45) is -2.66. The van der Waals surface area contributed by atoms with Crippen LogP contribution in [0.25, 0.3) is 11.1 Å². The molecule has 0 fully saturated rings. The van der Waals surface area contributed by atoms with Crippen molar-refractivity contribution in [2.45, 2.75) is 25.9 Å². The van der Waals surface area contributed by atoms with Gasteiger partial charge in [-0.05, 0) is 29.7 Å². The van der Waals surface area contributed by atoms with E-state index in [0.717, 1.165) is 17.3 Å². The first-order valence-corrected chi connectivity index (χ1v) is 6.02. The summed E-state index contributed by atoms with van der Waals surface area (Å²) >= 11 is 0. The summed E-state index contributed by atoms with van der Waals surface area (Å²) in [5.41, 5.74) is 1.47. The second-order valence-corrected chi connectivity index (χ2v) is 4.67. The van der Waals surface area contributed by atoms with E-state index in [2.05, 4.69) is 4.98 Å². The summed E-state index contributed by atoms with van der Waals surface area (Å²) in [5, 5.41) is 0. The first-order valence-electron chi connectivity index (χ1n) is 6.02. The van der Waals surface area contributed by atoms with Crippen molar-refractivity contribution in [2.24, 2.45) is 0 Å². The molecule has 0 saturated heterocycles. The molecule has 0 saturated carbocycles. The molecule has 1 heterocycles. The fourth-order valence-corrected chi connectivity index (χ4v) is 1.98. The number of hydrogen-bond acceptors (Lipinski definition) is 1. The Hall–Kier alpha value is -1.84. The lowest BCUT2D eigenvalue weighted by molar-refractivity contribution is -0.137. The average molecular weight is 265 g/mol. The number of hydrogen-bond donors (Lipinski definition) is 0. The van der Waals surface area contributed by atoms with Crippen LogP contribution in [0.3, 0.4) is 0 Å². The van der Waals surface area contributed by atoms with Crippen molar-refractivity contribution in [3.8, 4) is 11.1 Å². The van der Waals surface area contributed by atoms with Crippen molar-refractivity contribution in [1.82, 2.24) is 4.98 Å². The van der Waals surface area contributed by atoms with Gasteiger partial charge in [0.05, 0.1) is 11.3 Å². The molecule has 0 aliphatic rings. The summed E-state index contributed by atoms with van der Waals surface area (Å²) in [4.78, 5) is 4.27. The van der Waals surface area contributed by atoms with E-state index >= 15 is 0 Å². The number of halogens is 3. The fraction of sp³-hybridized carbons (Fsp3) is 0.267. The zero-order chi connectivity index (χ0) is 14.0. The van der Waals surface area contributed by atoms with Gasteiger partial charge < -0.3 is 0 Å². The summed E-state index contributed by atoms with van der Waals surface area (Å²) in [6.45, 7) is 3.94. The third kappa shape index (κ3) is 2.95. The number of benzene rings is 1. The second kappa shape index (κ2) is 5.03. The lowest BCUT2D eigenvalue weighted by Gasteiger charge is -2.13. The summed E-state index contributed by atoms with van der Waals surface area (Å²) in [7, 11) is 0. The highest BCUT2D eigenvalue weighted by atomic mass is 19.4. The minimum atomic E-state index is -4.32. The van der Waals surface area contributed by atoms with E-state index in [9.17, 15) is 13.2 Å². The third-order valence-corrected chi connectivity index (χ3v) is 2.89. The number of aromatic nitrogens is 1. The Morgan fingerprint density at radius 2 is 1.79 bits per heavy atom. The van der Waals surface area contributed by atoms with Gasteiger partial charge in [-0.3, -0.25) is 4.98 Å². The monoisotopic (exact) mass is 265 g/mol. The van der Waals surface area contributed by atoms with Crippen LogP contribution < -0.4 is 0 Å². The maximum Gasteiger partial charge on any atom is 0.416 e. The highest BCUT2D eigenvalue weighted by molar-refractivity contribution is 5.67. The quantitative estimate of drug-likeness (QED) is 0.753. The molecule has 0 bridgehead atoms. The molecule has 0 amide bonds. The van der Waals surface area contributed by atoms with E-state index in [1.165, 1.54) is 12.1 Å². The lowest BCUT2D eigenvalue weighted by atomic mass is 9.96. The molecular weight excluding hydrogens is 251 g/mol. The van der Waals surface area contributed by atoms with Crippen molar-refractivity contribution in [2.75, 3.05) is 0 Å². The normalized spacial score (nSPS) is 11.9. The van der Waals surface area contributed by atoms with Gasteiger partial charge in [-0.25, -0.2) is 0 Å². The van der Waals surface area contributed by atoms with Crippen LogP contribution >= 0.6 is 0 Å². The van der Waals surface area contributed by atoms with Gasteiger partial charge in [-0.15, -0.1) is 0 Å². The van der Waals surface area contributed by atoms with Crippen LogP contribution in [0, 0.1) is 0 Å². The molecule has 0 atom stereocenters. The van der Waals surface area contributed by atoms with E-state index in [4.69, 9.17) is 0 Å². The van der Waals surface area contributed by atoms with E-state index < -0.39 is 11.7 Å². The Bertz CT molecular complexity index is 574. The SMILES string of the molecule is CC(C)c1ncccc1-c1cccc(C(F)(F)F)c1. The van der Waals surface area contributed by atoms with Crippen LogP contribution in [0.15, 0.2) is 42.6 Å². The van der Waals surface area contributed by atoms with Crippen LogP contribution in [0.5, 0.6) is 0 Å². The van der Waals surface area contributed by atoms with Gasteiger partial charge in [0.1, 0.15) is 0 Å². The van der Waals surface area contributed by atoms with Crippen LogP contribution in [0.2, 0.25) is 0 Å². The van der Waals surface area contributed by atoms with Crippen molar-refractivity contribution in [3.63, 3.8) is 0 Å². The van der Waals surface area contributed by atoms with Crippen molar-refractivity contribution in [3.05, 3.63) is 53.9 Å². The van der Waals surface area contributed by atoms with E-state index in [1.807, 2.05) is 13.8 Å². The Morgan fingerprint density at radius 1 is 1.05 bits per heavy atom. The van der Waals surface area contributed by atoms with Gasteiger partial charge in [0.25, 0.3) is 0 Å². The number of pyridine rings is 1. The van der Waals surface area contributed by atoms with Gasteiger partial charge in [-0.1, -0.05) is 32.0 Å². The molecule has 1 aromatic heterocycles. The topological polar surface area (TPSA) is 12.9 Å². The predicted octanol–water partition coefficient (Wildman–Crippen LogP) is 4.89. The molecule has 2 rings (SSSR count). The standard InChI is InChI=1S/C15H14F3N/c1-10(2)14-13(7-4-8-19-14)11-5-3-6-12(9-11)15(16,17)18/h3-10H,1-2H3. The zero-order valence-electron chi connectivity index (χ0n) is 10.7. The summed E-state index contributed by atoms with van der Waals surface area (Å²) in [5.74, 6) is 0.158. The van der Waals surface area contributed by atoms with Crippen LogP contribution in [0.1, 0.15) is 31.0 Å². The van der Waals surface area contributed by atoms with Gasteiger partial charge >= 0.3 is 6.18 Å². The highest BCUT2D eigenvalue weighted by Crippen LogP contribution is 2.33. The molecule has 0 spiro atoms. The predicted molar refractivity (Wildman–Crippen MR) is 68.8 cm³/mol.